The lowest BCUT2D eigenvalue weighted by atomic mass is 10.1. The highest BCUT2D eigenvalue weighted by molar-refractivity contribution is 5.87. The molecule has 0 aliphatic rings. The van der Waals surface area contributed by atoms with E-state index in [-0.39, 0.29) is 5.97 Å². The molecule has 0 radical (unpaired) electrons. The van der Waals surface area contributed by atoms with Crippen LogP contribution in [-0.4, -0.2) is 25.1 Å². The first-order valence-electron chi connectivity index (χ1n) is 7.15. The highest BCUT2D eigenvalue weighted by atomic mass is 16.7. The Morgan fingerprint density at radius 3 is 2.00 bits per heavy atom. The fraction of sp³-hybridized carbons (Fsp3) is 0.800. The number of hydrogen-bond acceptors (Lipinski definition) is 3. The van der Waals surface area contributed by atoms with Gasteiger partial charge in [-0.1, -0.05) is 58.4 Å². The summed E-state index contributed by atoms with van der Waals surface area (Å²) >= 11 is 0. The van der Waals surface area contributed by atoms with E-state index in [0.717, 1.165) is 12.8 Å². The first kappa shape index (κ1) is 17.2. The molecule has 0 saturated heterocycles. The van der Waals surface area contributed by atoms with E-state index in [1.165, 1.54) is 50.0 Å². The van der Waals surface area contributed by atoms with E-state index in [1.54, 1.807) is 14.1 Å². The Labute approximate surface area is 112 Å². The third-order valence-electron chi connectivity index (χ3n) is 2.89. The van der Waals surface area contributed by atoms with Crippen LogP contribution < -0.4 is 0 Å². The van der Waals surface area contributed by atoms with Crippen LogP contribution in [0.15, 0.2) is 12.2 Å². The van der Waals surface area contributed by atoms with Gasteiger partial charge in [0.25, 0.3) is 0 Å². The van der Waals surface area contributed by atoms with Crippen molar-refractivity contribution in [3.05, 3.63) is 12.2 Å². The number of hydroxylamine groups is 2. The number of rotatable bonds is 11. The van der Waals surface area contributed by atoms with Crippen LogP contribution >= 0.6 is 0 Å². The van der Waals surface area contributed by atoms with Crippen LogP contribution in [0.2, 0.25) is 0 Å². The quantitative estimate of drug-likeness (QED) is 0.316. The van der Waals surface area contributed by atoms with E-state index < -0.39 is 0 Å². The van der Waals surface area contributed by atoms with Crippen molar-refractivity contribution in [1.82, 2.24) is 5.06 Å². The number of carbonyl (C=O) groups is 1. The molecule has 0 aromatic rings. The lowest BCUT2D eigenvalue weighted by molar-refractivity contribution is -0.173. The summed E-state index contributed by atoms with van der Waals surface area (Å²) in [5.74, 6) is -0.303. The second kappa shape index (κ2) is 11.3. The van der Waals surface area contributed by atoms with Crippen LogP contribution in [0.4, 0.5) is 0 Å². The van der Waals surface area contributed by atoms with Crippen LogP contribution in [0.1, 0.15) is 64.7 Å². The molecule has 0 spiro atoms. The predicted octanol–water partition coefficient (Wildman–Crippen LogP) is 4.09. The molecule has 0 heterocycles. The Morgan fingerprint density at radius 1 is 1.00 bits per heavy atom. The highest BCUT2D eigenvalue weighted by Gasteiger charge is 2.09. The molecule has 0 aromatic carbocycles. The van der Waals surface area contributed by atoms with Crippen LogP contribution in [0.25, 0.3) is 0 Å². The van der Waals surface area contributed by atoms with Gasteiger partial charge in [0.2, 0.25) is 0 Å². The Balaban J connectivity index is 3.38. The molecule has 106 valence electrons. The minimum atomic E-state index is -0.303. The zero-order valence-electron chi connectivity index (χ0n) is 12.3. The van der Waals surface area contributed by atoms with Crippen molar-refractivity contribution in [2.24, 2.45) is 0 Å². The minimum Gasteiger partial charge on any atom is -0.365 e. The van der Waals surface area contributed by atoms with Crippen molar-refractivity contribution in [2.75, 3.05) is 14.1 Å². The summed E-state index contributed by atoms with van der Waals surface area (Å²) in [6, 6.07) is 0. The van der Waals surface area contributed by atoms with Crippen molar-refractivity contribution >= 4 is 5.97 Å². The van der Waals surface area contributed by atoms with Gasteiger partial charge in [-0.25, -0.2) is 4.79 Å². The second-order valence-corrected chi connectivity index (χ2v) is 5.02. The predicted molar refractivity (Wildman–Crippen MR) is 76.1 cm³/mol. The molecule has 0 aromatic heterocycles. The maximum absolute atomic E-state index is 11.4. The maximum atomic E-state index is 11.4. The first-order valence-corrected chi connectivity index (χ1v) is 7.15. The van der Waals surface area contributed by atoms with Gasteiger partial charge in [0.05, 0.1) is 0 Å². The van der Waals surface area contributed by atoms with Gasteiger partial charge in [0, 0.05) is 19.7 Å². The van der Waals surface area contributed by atoms with Gasteiger partial charge in [0.1, 0.15) is 0 Å². The smallest absolute Gasteiger partial charge is 0.352 e. The standard InChI is InChI=1S/C15H29NO2/c1-5-6-7-8-9-10-11-12-13-14(2)15(17)18-16(3)4/h2,5-13H2,1,3-4H3. The molecular weight excluding hydrogens is 226 g/mol. The van der Waals surface area contributed by atoms with E-state index in [9.17, 15) is 4.79 Å². The van der Waals surface area contributed by atoms with E-state index in [2.05, 4.69) is 13.5 Å². The molecule has 0 N–H and O–H groups in total. The molecule has 0 aliphatic carbocycles. The first-order chi connectivity index (χ1) is 8.57. The van der Waals surface area contributed by atoms with Crippen molar-refractivity contribution in [3.8, 4) is 0 Å². The Morgan fingerprint density at radius 2 is 1.50 bits per heavy atom. The summed E-state index contributed by atoms with van der Waals surface area (Å²) in [5, 5.41) is 1.40. The molecule has 3 heteroatoms. The molecule has 0 bridgehead atoms. The number of hydrogen-bond donors (Lipinski definition) is 0. The lowest BCUT2D eigenvalue weighted by Crippen LogP contribution is -2.19. The topological polar surface area (TPSA) is 29.5 Å². The molecule has 3 nitrogen and oxygen atoms in total. The maximum Gasteiger partial charge on any atom is 0.352 e. The average Bonchev–Trinajstić information content (AvgIpc) is 2.31. The fourth-order valence-electron chi connectivity index (χ4n) is 1.80. The molecule has 18 heavy (non-hydrogen) atoms. The van der Waals surface area contributed by atoms with Gasteiger partial charge in [-0.15, -0.1) is 5.06 Å². The molecular formula is C15H29NO2. The average molecular weight is 255 g/mol. The SMILES string of the molecule is C=C(CCCCCCCCCC)C(=O)ON(C)C. The number of nitrogens with zero attached hydrogens (tertiary/aromatic N) is 1. The Hall–Kier alpha value is -0.830. The van der Waals surface area contributed by atoms with Gasteiger partial charge in [-0.3, -0.25) is 0 Å². The second-order valence-electron chi connectivity index (χ2n) is 5.02. The Kier molecular flexibility index (Phi) is 10.8. The van der Waals surface area contributed by atoms with E-state index >= 15 is 0 Å². The Bertz CT molecular complexity index is 237. The summed E-state index contributed by atoms with van der Waals surface area (Å²) in [6.07, 6.45) is 10.9. The third kappa shape index (κ3) is 10.3. The van der Waals surface area contributed by atoms with Crippen LogP contribution in [0, 0.1) is 0 Å². The minimum absolute atomic E-state index is 0.303. The molecule has 0 aliphatic heterocycles. The van der Waals surface area contributed by atoms with Crippen molar-refractivity contribution < 1.29 is 9.63 Å². The summed E-state index contributed by atoms with van der Waals surface area (Å²) < 4.78 is 0. The van der Waals surface area contributed by atoms with Crippen LogP contribution in [-0.2, 0) is 9.63 Å². The number of unbranched alkanes of at least 4 members (excludes halogenated alkanes) is 7. The monoisotopic (exact) mass is 255 g/mol. The van der Waals surface area contributed by atoms with E-state index in [1.807, 2.05) is 0 Å². The third-order valence-corrected chi connectivity index (χ3v) is 2.89. The van der Waals surface area contributed by atoms with E-state index in [0.29, 0.717) is 5.57 Å². The van der Waals surface area contributed by atoms with Gasteiger partial charge < -0.3 is 4.84 Å². The van der Waals surface area contributed by atoms with Crippen molar-refractivity contribution in [1.29, 1.82) is 0 Å². The molecule has 0 rings (SSSR count). The molecule has 0 fully saturated rings. The van der Waals surface area contributed by atoms with Gasteiger partial charge in [-0.05, 0) is 12.8 Å². The summed E-state index contributed by atoms with van der Waals surface area (Å²) in [6.45, 7) is 6.00. The van der Waals surface area contributed by atoms with Crippen molar-refractivity contribution in [2.45, 2.75) is 64.7 Å². The number of carbonyl (C=O) groups excluding carboxylic acids is 1. The summed E-state index contributed by atoms with van der Waals surface area (Å²) in [5.41, 5.74) is 0.578. The van der Waals surface area contributed by atoms with Gasteiger partial charge in [-0.2, -0.15) is 0 Å². The zero-order valence-corrected chi connectivity index (χ0v) is 12.3. The molecule has 0 saturated carbocycles. The van der Waals surface area contributed by atoms with E-state index in [4.69, 9.17) is 4.84 Å². The largest absolute Gasteiger partial charge is 0.365 e. The van der Waals surface area contributed by atoms with Crippen LogP contribution in [0.5, 0.6) is 0 Å². The van der Waals surface area contributed by atoms with Gasteiger partial charge in [0.15, 0.2) is 0 Å². The lowest BCUT2D eigenvalue weighted by Gasteiger charge is -2.11. The van der Waals surface area contributed by atoms with Crippen LogP contribution in [0.3, 0.4) is 0 Å². The fourth-order valence-corrected chi connectivity index (χ4v) is 1.80. The molecule has 0 amide bonds. The highest BCUT2D eigenvalue weighted by Crippen LogP contribution is 2.12. The van der Waals surface area contributed by atoms with Gasteiger partial charge >= 0.3 is 5.97 Å². The zero-order chi connectivity index (χ0) is 13.8. The van der Waals surface area contributed by atoms with Crippen molar-refractivity contribution in [3.63, 3.8) is 0 Å². The summed E-state index contributed by atoms with van der Waals surface area (Å²) in [7, 11) is 3.39. The molecule has 0 atom stereocenters. The normalized spacial score (nSPS) is 10.7. The summed E-state index contributed by atoms with van der Waals surface area (Å²) in [4.78, 5) is 16.4. The molecule has 0 unspecified atom stereocenters.